The summed E-state index contributed by atoms with van der Waals surface area (Å²) in [7, 11) is 0. The van der Waals surface area contributed by atoms with Crippen LogP contribution in [0.15, 0.2) is 36.4 Å². The molecule has 2 aromatic rings. The van der Waals surface area contributed by atoms with E-state index in [1.54, 1.807) is 12.1 Å². The maximum Gasteiger partial charge on any atom is 0.130 e. The number of hydrogen-bond donors (Lipinski definition) is 1. The molecule has 1 aliphatic carbocycles. The van der Waals surface area contributed by atoms with Crippen LogP contribution in [0, 0.1) is 25.6 Å². The molecule has 5 heteroatoms. The molecule has 2 aromatic carbocycles. The van der Waals surface area contributed by atoms with Crippen LogP contribution in [-0.2, 0) is 11.3 Å². The largest absolute Gasteiger partial charge is 0.376 e. The van der Waals surface area contributed by atoms with Crippen molar-refractivity contribution < 1.29 is 9.13 Å². The quantitative estimate of drug-likeness (QED) is 0.561. The van der Waals surface area contributed by atoms with Gasteiger partial charge in [0.05, 0.1) is 13.2 Å². The number of nitrogens with one attached hydrogen (secondary N) is 1. The van der Waals surface area contributed by atoms with Crippen LogP contribution in [0.5, 0.6) is 0 Å². The van der Waals surface area contributed by atoms with Crippen LogP contribution >= 0.6 is 24.0 Å². The van der Waals surface area contributed by atoms with Gasteiger partial charge in [-0.1, -0.05) is 35.9 Å². The summed E-state index contributed by atoms with van der Waals surface area (Å²) in [4.78, 5) is 0. The van der Waals surface area contributed by atoms with E-state index in [4.69, 9.17) is 16.3 Å². The predicted molar refractivity (Wildman–Crippen MR) is 113 cm³/mol. The molecule has 0 aromatic heterocycles. The molecule has 148 valence electrons. The number of aryl methyl sites for hydroxylation is 2. The van der Waals surface area contributed by atoms with E-state index < -0.39 is 0 Å². The molecule has 1 fully saturated rings. The minimum absolute atomic E-state index is 0. The molecule has 1 unspecified atom stereocenters. The summed E-state index contributed by atoms with van der Waals surface area (Å²) >= 11 is 6.11. The molecule has 0 heterocycles. The minimum atomic E-state index is -0.312. The van der Waals surface area contributed by atoms with Gasteiger partial charge in [-0.05, 0) is 68.0 Å². The third-order valence-electron chi connectivity index (χ3n) is 5.10. The highest BCUT2D eigenvalue weighted by Crippen LogP contribution is 2.29. The fourth-order valence-electron chi connectivity index (χ4n) is 3.47. The van der Waals surface area contributed by atoms with E-state index in [0.717, 1.165) is 19.0 Å². The first-order valence-corrected chi connectivity index (χ1v) is 9.71. The van der Waals surface area contributed by atoms with Crippen LogP contribution in [0.25, 0.3) is 0 Å². The maximum atomic E-state index is 13.9. The van der Waals surface area contributed by atoms with E-state index in [9.17, 15) is 4.39 Å². The van der Waals surface area contributed by atoms with Gasteiger partial charge in [0.25, 0.3) is 0 Å². The van der Waals surface area contributed by atoms with Crippen molar-refractivity contribution in [1.29, 1.82) is 0 Å². The second kappa shape index (κ2) is 10.4. The SMILES string of the molecule is Cc1cccc(C)c1C(CNCC1CC1)COCc1c(F)cccc1Cl.Cl. The highest BCUT2D eigenvalue weighted by Gasteiger charge is 2.22. The normalized spacial score (nSPS) is 14.7. The first-order chi connectivity index (χ1) is 12.6. The van der Waals surface area contributed by atoms with E-state index in [2.05, 4.69) is 37.4 Å². The number of rotatable bonds is 9. The Morgan fingerprint density at radius 3 is 2.44 bits per heavy atom. The molecule has 1 N–H and O–H groups in total. The number of benzene rings is 2. The lowest BCUT2D eigenvalue weighted by Gasteiger charge is -2.22. The van der Waals surface area contributed by atoms with Crippen molar-refractivity contribution in [2.45, 2.75) is 39.2 Å². The van der Waals surface area contributed by atoms with Crippen LogP contribution in [0.2, 0.25) is 5.02 Å². The number of ether oxygens (including phenoxy) is 1. The van der Waals surface area contributed by atoms with Crippen LogP contribution in [-0.4, -0.2) is 19.7 Å². The van der Waals surface area contributed by atoms with Crippen LogP contribution in [0.1, 0.15) is 41.0 Å². The maximum absolute atomic E-state index is 13.9. The summed E-state index contributed by atoms with van der Waals surface area (Å²) in [6, 6.07) is 11.1. The Morgan fingerprint density at radius 1 is 1.15 bits per heavy atom. The standard InChI is InChI=1S/C22H27ClFNO.ClH/c1-15-5-3-6-16(2)22(15)18(12-25-11-17-9-10-17)13-26-14-19-20(23)7-4-8-21(19)24;/h3-8,17-18,25H,9-14H2,1-2H3;1H. The van der Waals surface area contributed by atoms with Crippen molar-refractivity contribution in [3.63, 3.8) is 0 Å². The number of hydrogen-bond acceptors (Lipinski definition) is 2. The summed E-state index contributed by atoms with van der Waals surface area (Å²) in [6.45, 7) is 6.95. The molecule has 1 saturated carbocycles. The van der Waals surface area contributed by atoms with Crippen LogP contribution < -0.4 is 5.32 Å². The van der Waals surface area contributed by atoms with Gasteiger partial charge in [0.15, 0.2) is 0 Å². The second-order valence-corrected chi connectivity index (χ2v) is 7.73. The van der Waals surface area contributed by atoms with E-state index in [1.165, 1.54) is 35.6 Å². The second-order valence-electron chi connectivity index (χ2n) is 7.32. The molecule has 0 spiro atoms. The van der Waals surface area contributed by atoms with Crippen molar-refractivity contribution in [2.75, 3.05) is 19.7 Å². The van der Waals surface area contributed by atoms with Gasteiger partial charge in [-0.25, -0.2) is 4.39 Å². The van der Waals surface area contributed by atoms with Gasteiger partial charge < -0.3 is 10.1 Å². The van der Waals surface area contributed by atoms with Crippen LogP contribution in [0.4, 0.5) is 4.39 Å². The zero-order valence-electron chi connectivity index (χ0n) is 15.9. The Bertz CT molecular complexity index is 709. The monoisotopic (exact) mass is 411 g/mol. The highest BCUT2D eigenvalue weighted by molar-refractivity contribution is 6.31. The van der Waals surface area contributed by atoms with Gasteiger partial charge in [-0.3, -0.25) is 0 Å². The molecule has 3 rings (SSSR count). The van der Waals surface area contributed by atoms with E-state index in [0.29, 0.717) is 17.2 Å². The van der Waals surface area contributed by atoms with Crippen molar-refractivity contribution in [3.05, 3.63) is 69.5 Å². The van der Waals surface area contributed by atoms with Gasteiger partial charge in [0.1, 0.15) is 5.82 Å². The molecule has 0 radical (unpaired) electrons. The molecular formula is C22H28Cl2FNO. The van der Waals surface area contributed by atoms with Gasteiger partial charge in [-0.15, -0.1) is 12.4 Å². The molecule has 0 bridgehead atoms. The fourth-order valence-corrected chi connectivity index (χ4v) is 3.69. The lowest BCUT2D eigenvalue weighted by Crippen LogP contribution is -2.27. The Morgan fingerprint density at radius 2 is 1.81 bits per heavy atom. The zero-order valence-corrected chi connectivity index (χ0v) is 17.5. The summed E-state index contributed by atoms with van der Waals surface area (Å²) in [5.74, 6) is 0.764. The van der Waals surface area contributed by atoms with Crippen molar-refractivity contribution >= 4 is 24.0 Å². The van der Waals surface area contributed by atoms with Gasteiger partial charge in [0, 0.05) is 23.0 Å². The summed E-state index contributed by atoms with van der Waals surface area (Å²) in [5.41, 5.74) is 4.31. The first kappa shape index (κ1) is 22.2. The topological polar surface area (TPSA) is 21.3 Å². The van der Waals surface area contributed by atoms with Gasteiger partial charge in [-0.2, -0.15) is 0 Å². The van der Waals surface area contributed by atoms with E-state index in [-0.39, 0.29) is 30.7 Å². The number of halogens is 3. The lowest BCUT2D eigenvalue weighted by molar-refractivity contribution is 0.104. The summed E-state index contributed by atoms with van der Waals surface area (Å²) in [5, 5.41) is 4.01. The Kier molecular flexibility index (Phi) is 8.56. The first-order valence-electron chi connectivity index (χ1n) is 9.33. The highest BCUT2D eigenvalue weighted by atomic mass is 35.5. The third kappa shape index (κ3) is 6.18. The molecule has 0 aliphatic heterocycles. The third-order valence-corrected chi connectivity index (χ3v) is 5.45. The van der Waals surface area contributed by atoms with Crippen molar-refractivity contribution in [3.8, 4) is 0 Å². The molecule has 27 heavy (non-hydrogen) atoms. The van der Waals surface area contributed by atoms with Crippen molar-refractivity contribution in [1.82, 2.24) is 5.32 Å². The Balaban J connectivity index is 0.00000261. The smallest absolute Gasteiger partial charge is 0.130 e. The van der Waals surface area contributed by atoms with E-state index >= 15 is 0 Å². The average Bonchev–Trinajstić information content (AvgIpc) is 3.41. The Labute approximate surface area is 172 Å². The molecule has 1 aliphatic rings. The molecule has 1 atom stereocenters. The zero-order chi connectivity index (χ0) is 18.5. The molecule has 0 saturated heterocycles. The average molecular weight is 412 g/mol. The van der Waals surface area contributed by atoms with Crippen LogP contribution in [0.3, 0.4) is 0 Å². The lowest BCUT2D eigenvalue weighted by atomic mass is 9.91. The summed E-state index contributed by atoms with van der Waals surface area (Å²) < 4.78 is 19.9. The summed E-state index contributed by atoms with van der Waals surface area (Å²) in [6.07, 6.45) is 2.67. The molecule has 2 nitrogen and oxygen atoms in total. The molecular weight excluding hydrogens is 384 g/mol. The van der Waals surface area contributed by atoms with Gasteiger partial charge in [0.2, 0.25) is 0 Å². The Hall–Kier alpha value is -1.13. The van der Waals surface area contributed by atoms with Gasteiger partial charge >= 0.3 is 0 Å². The predicted octanol–water partition coefficient (Wildman–Crippen LogP) is 5.82. The fraction of sp³-hybridized carbons (Fsp3) is 0.455. The minimum Gasteiger partial charge on any atom is -0.376 e. The molecule has 0 amide bonds. The van der Waals surface area contributed by atoms with E-state index in [1.807, 2.05) is 0 Å². The van der Waals surface area contributed by atoms with Crippen molar-refractivity contribution in [2.24, 2.45) is 5.92 Å².